The minimum absolute atomic E-state index is 0.314. The summed E-state index contributed by atoms with van der Waals surface area (Å²) in [5.74, 6) is 0. The predicted molar refractivity (Wildman–Crippen MR) is 114 cm³/mol. The molecule has 2 aromatic carbocycles. The summed E-state index contributed by atoms with van der Waals surface area (Å²) in [5, 5.41) is 4.57. The lowest BCUT2D eigenvalue weighted by atomic mass is 10.2. The average molecular weight is 410 g/mol. The van der Waals surface area contributed by atoms with Crippen LogP contribution in [-0.4, -0.2) is 22.5 Å². The molecule has 0 bridgehead atoms. The molecule has 1 aliphatic carbocycles. The highest BCUT2D eigenvalue weighted by molar-refractivity contribution is 7.89. The second kappa shape index (κ2) is 8.51. The van der Waals surface area contributed by atoms with Crippen molar-refractivity contribution in [2.75, 3.05) is 0 Å². The summed E-state index contributed by atoms with van der Waals surface area (Å²) in [7, 11) is -3.69. The molecule has 0 atom stereocenters. The Labute approximate surface area is 173 Å². The Hall–Kier alpha value is -2.44. The Kier molecular flexibility index (Phi) is 5.83. The number of hydrogen-bond donors (Lipinski definition) is 0. The molecule has 0 aliphatic heterocycles. The first-order chi connectivity index (χ1) is 14.0. The smallest absolute Gasteiger partial charge is 0.247 e. The minimum Gasteiger partial charge on any atom is -0.268 e. The van der Waals surface area contributed by atoms with Crippen LogP contribution in [0.15, 0.2) is 71.8 Å². The minimum atomic E-state index is -3.69. The highest BCUT2D eigenvalue weighted by Gasteiger charge is 2.30. The molecule has 1 fully saturated rings. The van der Waals surface area contributed by atoms with Crippen LogP contribution in [0.2, 0.25) is 0 Å². The van der Waals surface area contributed by atoms with Crippen molar-refractivity contribution in [3.63, 3.8) is 0 Å². The molecule has 1 heterocycles. The maximum Gasteiger partial charge on any atom is 0.247 e. The van der Waals surface area contributed by atoms with Crippen molar-refractivity contribution >= 4 is 10.0 Å². The summed E-state index contributed by atoms with van der Waals surface area (Å²) in [4.78, 5) is 0.316. The van der Waals surface area contributed by atoms with E-state index in [1.54, 1.807) is 17.4 Å². The summed E-state index contributed by atoms with van der Waals surface area (Å²) in [6, 6.07) is 19.8. The largest absolute Gasteiger partial charge is 0.268 e. The van der Waals surface area contributed by atoms with Gasteiger partial charge in [0.15, 0.2) is 0 Å². The van der Waals surface area contributed by atoms with E-state index in [4.69, 9.17) is 0 Å². The Morgan fingerprint density at radius 1 is 0.931 bits per heavy atom. The zero-order valence-corrected chi connectivity index (χ0v) is 17.6. The molecule has 5 nitrogen and oxygen atoms in total. The van der Waals surface area contributed by atoms with E-state index in [0.717, 1.165) is 24.0 Å². The van der Waals surface area contributed by atoms with Crippen LogP contribution in [0.4, 0.5) is 0 Å². The van der Waals surface area contributed by atoms with Crippen molar-refractivity contribution in [2.45, 2.75) is 56.6 Å². The predicted octanol–water partition coefficient (Wildman–Crippen LogP) is 4.70. The van der Waals surface area contributed by atoms with Crippen LogP contribution < -0.4 is 0 Å². The molecular formula is C23H27N3O2S. The molecule has 1 saturated carbocycles. The van der Waals surface area contributed by atoms with Crippen molar-refractivity contribution in [3.8, 4) is 0 Å². The lowest BCUT2D eigenvalue weighted by Crippen LogP contribution is -2.30. The van der Waals surface area contributed by atoms with Crippen molar-refractivity contribution < 1.29 is 8.42 Å². The zero-order valence-electron chi connectivity index (χ0n) is 16.7. The van der Waals surface area contributed by atoms with Crippen LogP contribution in [0, 0.1) is 6.92 Å². The van der Waals surface area contributed by atoms with Crippen LogP contribution in [0.5, 0.6) is 0 Å². The van der Waals surface area contributed by atoms with Gasteiger partial charge in [-0.25, -0.2) is 8.42 Å². The summed E-state index contributed by atoms with van der Waals surface area (Å²) in [6.45, 7) is 2.44. The molecule has 0 unspecified atom stereocenters. The lowest BCUT2D eigenvalue weighted by molar-refractivity contribution is 0.400. The number of aromatic nitrogens is 2. The van der Waals surface area contributed by atoms with Gasteiger partial charge in [0.05, 0.1) is 11.7 Å². The third-order valence-electron chi connectivity index (χ3n) is 5.59. The third-order valence-corrected chi connectivity index (χ3v) is 7.49. The summed E-state index contributed by atoms with van der Waals surface area (Å²) in [5.41, 5.74) is 2.50. The van der Waals surface area contributed by atoms with Gasteiger partial charge in [-0.1, -0.05) is 73.5 Å². The molecule has 0 spiro atoms. The van der Waals surface area contributed by atoms with Gasteiger partial charge < -0.3 is 0 Å². The maximum atomic E-state index is 13.7. The molecule has 6 heteroatoms. The molecule has 0 saturated heterocycles. The van der Waals surface area contributed by atoms with Gasteiger partial charge in [-0.05, 0) is 30.9 Å². The fourth-order valence-electron chi connectivity index (χ4n) is 4.01. The monoisotopic (exact) mass is 409 g/mol. The van der Waals surface area contributed by atoms with Crippen LogP contribution >= 0.6 is 0 Å². The number of sulfonamides is 1. The van der Waals surface area contributed by atoms with Gasteiger partial charge in [-0.2, -0.15) is 9.40 Å². The number of hydrogen-bond acceptors (Lipinski definition) is 3. The van der Waals surface area contributed by atoms with Gasteiger partial charge in [-0.15, -0.1) is 0 Å². The van der Waals surface area contributed by atoms with Crippen molar-refractivity contribution in [3.05, 3.63) is 83.7 Å². The second-order valence-corrected chi connectivity index (χ2v) is 9.65. The van der Waals surface area contributed by atoms with Gasteiger partial charge in [-0.3, -0.25) is 4.68 Å². The quantitative estimate of drug-likeness (QED) is 0.568. The Balaban J connectivity index is 1.68. The van der Waals surface area contributed by atoms with Gasteiger partial charge in [0.1, 0.15) is 4.90 Å². The van der Waals surface area contributed by atoms with Crippen molar-refractivity contribution in [2.24, 2.45) is 0 Å². The van der Waals surface area contributed by atoms with Gasteiger partial charge >= 0.3 is 0 Å². The first kappa shape index (κ1) is 19.9. The van der Waals surface area contributed by atoms with Crippen molar-refractivity contribution in [1.82, 2.24) is 14.1 Å². The average Bonchev–Trinajstić information content (AvgIpc) is 3.39. The molecule has 4 rings (SSSR count). The molecular weight excluding hydrogens is 382 g/mol. The number of nitrogens with zero attached hydrogens (tertiary/aromatic N) is 3. The first-order valence-corrected chi connectivity index (χ1v) is 11.6. The van der Waals surface area contributed by atoms with Gasteiger partial charge in [0, 0.05) is 19.3 Å². The Morgan fingerprint density at radius 3 is 1.97 bits per heavy atom. The number of benzene rings is 2. The van der Waals surface area contributed by atoms with Crippen LogP contribution in [0.25, 0.3) is 0 Å². The van der Waals surface area contributed by atoms with E-state index in [9.17, 15) is 8.42 Å². The standard InChI is InChI=1S/C23H27N3O2S/c1-19-23(18-26(24-19)22-14-8-9-15-22)29(27,28)25(16-20-10-4-2-5-11-20)17-21-12-6-3-7-13-21/h2-7,10-13,18,22H,8-9,14-17H2,1H3. The molecule has 0 N–H and O–H groups in total. The Morgan fingerprint density at radius 2 is 1.45 bits per heavy atom. The van der Waals surface area contributed by atoms with Crippen molar-refractivity contribution in [1.29, 1.82) is 0 Å². The van der Waals surface area contributed by atoms with Gasteiger partial charge in [0.2, 0.25) is 10.0 Å². The highest BCUT2D eigenvalue weighted by Crippen LogP contribution is 2.31. The Bertz CT molecular complexity index is 999. The second-order valence-electron chi connectivity index (χ2n) is 7.74. The number of aryl methyl sites for hydroxylation is 1. The molecule has 1 aliphatic rings. The molecule has 3 aromatic rings. The van der Waals surface area contributed by atoms with Gasteiger partial charge in [0.25, 0.3) is 0 Å². The topological polar surface area (TPSA) is 55.2 Å². The highest BCUT2D eigenvalue weighted by atomic mass is 32.2. The summed E-state index contributed by atoms with van der Waals surface area (Å²) < 4.78 is 30.8. The zero-order chi connectivity index (χ0) is 20.3. The molecule has 0 radical (unpaired) electrons. The van der Waals surface area contributed by atoms with E-state index in [2.05, 4.69) is 5.10 Å². The third kappa shape index (κ3) is 4.43. The molecule has 152 valence electrons. The molecule has 0 amide bonds. The maximum absolute atomic E-state index is 13.7. The SMILES string of the molecule is Cc1nn(C2CCCC2)cc1S(=O)(=O)N(Cc1ccccc1)Cc1ccccc1. The van der Waals surface area contributed by atoms with Crippen LogP contribution in [0.1, 0.15) is 48.5 Å². The summed E-state index contributed by atoms with van der Waals surface area (Å²) in [6.07, 6.45) is 6.24. The normalized spacial score (nSPS) is 15.2. The van der Waals surface area contributed by atoms with E-state index in [1.807, 2.05) is 65.3 Å². The summed E-state index contributed by atoms with van der Waals surface area (Å²) >= 11 is 0. The molecule has 1 aromatic heterocycles. The van der Waals surface area contributed by atoms with E-state index in [0.29, 0.717) is 29.7 Å². The van der Waals surface area contributed by atoms with Crippen LogP contribution in [0.3, 0.4) is 0 Å². The van der Waals surface area contributed by atoms with Crippen LogP contribution in [-0.2, 0) is 23.1 Å². The van der Waals surface area contributed by atoms with E-state index >= 15 is 0 Å². The first-order valence-electron chi connectivity index (χ1n) is 10.2. The van der Waals surface area contributed by atoms with E-state index in [1.165, 1.54) is 12.8 Å². The molecule has 29 heavy (non-hydrogen) atoms. The fraction of sp³-hybridized carbons (Fsp3) is 0.348. The van der Waals surface area contributed by atoms with E-state index < -0.39 is 10.0 Å². The number of rotatable bonds is 7. The van der Waals surface area contributed by atoms with E-state index in [-0.39, 0.29) is 0 Å². The fourth-order valence-corrected chi connectivity index (χ4v) is 5.58. The lowest BCUT2D eigenvalue weighted by Gasteiger charge is -2.22.